The van der Waals surface area contributed by atoms with Gasteiger partial charge in [0.25, 0.3) is 0 Å². The topological polar surface area (TPSA) is 75.6 Å². The Bertz CT molecular complexity index is 673. The molecule has 2 N–H and O–H groups in total. The van der Waals surface area contributed by atoms with Crippen molar-refractivity contribution in [3.05, 3.63) is 65.7 Å². The summed E-state index contributed by atoms with van der Waals surface area (Å²) in [6.07, 6.45) is -0.910. The van der Waals surface area contributed by atoms with Crippen molar-refractivity contribution >= 4 is 27.8 Å². The molecule has 0 saturated heterocycles. The first-order valence-corrected chi connectivity index (χ1v) is 8.54. The molecule has 2 rings (SSSR count). The van der Waals surface area contributed by atoms with Crippen LogP contribution in [0.4, 0.5) is 4.79 Å². The summed E-state index contributed by atoms with van der Waals surface area (Å²) in [4.78, 5) is 22.6. The molecule has 5 nitrogen and oxygen atoms in total. The van der Waals surface area contributed by atoms with Crippen LogP contribution in [0.15, 0.2) is 54.6 Å². The third kappa shape index (κ3) is 5.70. The summed E-state index contributed by atoms with van der Waals surface area (Å²) in [7, 11) is 0. The fourth-order valence-corrected chi connectivity index (χ4v) is 2.58. The van der Waals surface area contributed by atoms with E-state index < -0.39 is 12.1 Å². The lowest BCUT2D eigenvalue weighted by Gasteiger charge is -2.15. The average Bonchev–Trinajstić information content (AvgIpc) is 2.60. The summed E-state index contributed by atoms with van der Waals surface area (Å²) >= 11 is 3.07. The zero-order valence-electron chi connectivity index (χ0n) is 12.9. The summed E-state index contributed by atoms with van der Waals surface area (Å²) in [5, 5.41) is 11.2. The Labute approximate surface area is 148 Å². The van der Waals surface area contributed by atoms with Gasteiger partial charge in [-0.1, -0.05) is 58.4 Å². The second kappa shape index (κ2) is 9.08. The smallest absolute Gasteiger partial charge is 0.405 e. The molecule has 0 spiro atoms. The molecule has 0 aliphatic carbocycles. The summed E-state index contributed by atoms with van der Waals surface area (Å²) in [5.74, 6) is 0.513. The number of nitrogens with one attached hydrogen (secondary N) is 1. The van der Waals surface area contributed by atoms with E-state index in [9.17, 15) is 9.59 Å². The number of benzene rings is 2. The molecule has 1 atom stereocenters. The number of rotatable bonds is 8. The summed E-state index contributed by atoms with van der Waals surface area (Å²) in [6.45, 7) is 0.478. The molecule has 24 heavy (non-hydrogen) atoms. The van der Waals surface area contributed by atoms with Crippen LogP contribution < -0.4 is 10.1 Å². The molecule has 0 aromatic heterocycles. The maximum Gasteiger partial charge on any atom is 0.405 e. The molecule has 0 unspecified atom stereocenters. The molecule has 0 fully saturated rings. The molecule has 0 saturated carbocycles. The normalized spacial score (nSPS) is 11.5. The van der Waals surface area contributed by atoms with Crippen LogP contribution >= 0.6 is 15.9 Å². The molecule has 0 radical (unpaired) electrons. The van der Waals surface area contributed by atoms with E-state index in [1.807, 2.05) is 54.6 Å². The van der Waals surface area contributed by atoms with Gasteiger partial charge in [-0.2, -0.15) is 0 Å². The van der Waals surface area contributed by atoms with Crippen LogP contribution in [0, 0.1) is 0 Å². The highest BCUT2D eigenvalue weighted by Crippen LogP contribution is 2.15. The zero-order valence-corrected chi connectivity index (χ0v) is 14.5. The minimum atomic E-state index is -1.21. The van der Waals surface area contributed by atoms with E-state index in [0.717, 1.165) is 16.9 Å². The number of ketones is 1. The minimum Gasteiger partial charge on any atom is -0.489 e. The second-order valence-corrected chi connectivity index (χ2v) is 5.79. The lowest BCUT2D eigenvalue weighted by molar-refractivity contribution is -0.118. The third-order valence-corrected chi connectivity index (χ3v) is 3.98. The van der Waals surface area contributed by atoms with Crippen molar-refractivity contribution in [2.45, 2.75) is 19.1 Å². The van der Waals surface area contributed by atoms with Gasteiger partial charge in [0.15, 0.2) is 5.78 Å². The fourth-order valence-electron chi connectivity index (χ4n) is 2.19. The maximum absolute atomic E-state index is 11.8. The van der Waals surface area contributed by atoms with Gasteiger partial charge in [-0.3, -0.25) is 4.79 Å². The van der Waals surface area contributed by atoms with Crippen LogP contribution in [-0.2, 0) is 17.8 Å². The molecule has 0 aliphatic heterocycles. The zero-order chi connectivity index (χ0) is 17.4. The van der Waals surface area contributed by atoms with Gasteiger partial charge in [-0.15, -0.1) is 0 Å². The van der Waals surface area contributed by atoms with Crippen molar-refractivity contribution in [3.63, 3.8) is 0 Å². The number of amides is 1. The Morgan fingerprint density at radius 3 is 2.29 bits per heavy atom. The highest BCUT2D eigenvalue weighted by Gasteiger charge is 2.19. The predicted molar refractivity (Wildman–Crippen MR) is 94.7 cm³/mol. The van der Waals surface area contributed by atoms with Crippen molar-refractivity contribution in [3.8, 4) is 5.75 Å². The standard InChI is InChI=1S/C18H18BrNO4/c19-11-17(21)16(20-18(22)23)10-13-6-8-15(9-7-13)24-12-14-4-2-1-3-5-14/h1-9,16,20H,10-12H2,(H,22,23)/t16-/m0/s1. The molecule has 0 heterocycles. The number of carboxylic acid groups (broad SMARTS) is 1. The van der Waals surface area contributed by atoms with E-state index in [1.165, 1.54) is 0 Å². The number of Topliss-reactive ketones (excluding diaryl/α,β-unsaturated/α-hetero) is 1. The second-order valence-electron chi connectivity index (χ2n) is 5.22. The Morgan fingerprint density at radius 1 is 1.04 bits per heavy atom. The molecule has 0 aliphatic rings. The quantitative estimate of drug-likeness (QED) is 0.676. The highest BCUT2D eigenvalue weighted by molar-refractivity contribution is 9.09. The van der Waals surface area contributed by atoms with Gasteiger partial charge in [0.05, 0.1) is 11.4 Å². The Hall–Kier alpha value is -2.34. The Balaban J connectivity index is 1.95. The third-order valence-electron chi connectivity index (χ3n) is 3.43. The SMILES string of the molecule is O=C(O)N[C@@H](Cc1ccc(OCc2ccccc2)cc1)C(=O)CBr. The van der Waals surface area contributed by atoms with Crippen LogP contribution in [-0.4, -0.2) is 28.4 Å². The summed E-state index contributed by atoms with van der Waals surface area (Å²) in [5.41, 5.74) is 1.94. The van der Waals surface area contributed by atoms with E-state index in [0.29, 0.717) is 13.0 Å². The van der Waals surface area contributed by atoms with Crippen molar-refractivity contribution in [1.82, 2.24) is 5.32 Å². The van der Waals surface area contributed by atoms with Gasteiger partial charge in [0.1, 0.15) is 12.4 Å². The number of alkyl halides is 1. The number of halogens is 1. The molecular weight excluding hydrogens is 374 g/mol. The Morgan fingerprint density at radius 2 is 1.71 bits per heavy atom. The van der Waals surface area contributed by atoms with E-state index in [4.69, 9.17) is 9.84 Å². The number of carbonyl (C=O) groups is 2. The van der Waals surface area contributed by atoms with Crippen LogP contribution in [0.5, 0.6) is 5.75 Å². The summed E-state index contributed by atoms with van der Waals surface area (Å²) < 4.78 is 5.70. The monoisotopic (exact) mass is 391 g/mol. The molecule has 126 valence electrons. The first-order chi connectivity index (χ1) is 11.6. The van der Waals surface area contributed by atoms with E-state index >= 15 is 0 Å². The van der Waals surface area contributed by atoms with E-state index in [2.05, 4.69) is 21.2 Å². The van der Waals surface area contributed by atoms with Crippen LogP contribution in [0.25, 0.3) is 0 Å². The molecule has 0 bridgehead atoms. The number of ether oxygens (including phenoxy) is 1. The first-order valence-electron chi connectivity index (χ1n) is 7.42. The van der Waals surface area contributed by atoms with Crippen molar-refractivity contribution in [2.75, 3.05) is 5.33 Å². The van der Waals surface area contributed by atoms with Gasteiger partial charge in [0, 0.05) is 0 Å². The average molecular weight is 392 g/mol. The fraction of sp³-hybridized carbons (Fsp3) is 0.222. The van der Waals surface area contributed by atoms with Crippen LogP contribution in [0.3, 0.4) is 0 Å². The number of carbonyl (C=O) groups excluding carboxylic acids is 1. The van der Waals surface area contributed by atoms with Gasteiger partial charge < -0.3 is 15.2 Å². The molecule has 2 aromatic rings. The van der Waals surface area contributed by atoms with E-state index in [-0.39, 0.29) is 11.1 Å². The lowest BCUT2D eigenvalue weighted by Crippen LogP contribution is -2.42. The minimum absolute atomic E-state index is 0.107. The lowest BCUT2D eigenvalue weighted by atomic mass is 10.0. The predicted octanol–water partition coefficient (Wildman–Crippen LogP) is 3.41. The molecule has 2 aromatic carbocycles. The van der Waals surface area contributed by atoms with Gasteiger partial charge >= 0.3 is 6.09 Å². The van der Waals surface area contributed by atoms with Gasteiger partial charge in [-0.25, -0.2) is 4.79 Å². The van der Waals surface area contributed by atoms with Crippen molar-refractivity contribution in [2.24, 2.45) is 0 Å². The van der Waals surface area contributed by atoms with Crippen molar-refractivity contribution < 1.29 is 19.4 Å². The van der Waals surface area contributed by atoms with Gasteiger partial charge in [-0.05, 0) is 29.7 Å². The first kappa shape index (κ1) is 18.0. The highest BCUT2D eigenvalue weighted by atomic mass is 79.9. The molecule has 6 heteroatoms. The molecular formula is C18H18BrNO4. The summed E-state index contributed by atoms with van der Waals surface area (Å²) in [6, 6.07) is 16.4. The number of hydrogen-bond acceptors (Lipinski definition) is 3. The van der Waals surface area contributed by atoms with Gasteiger partial charge in [0.2, 0.25) is 0 Å². The van der Waals surface area contributed by atoms with Crippen molar-refractivity contribution in [1.29, 1.82) is 0 Å². The van der Waals surface area contributed by atoms with Crippen LogP contribution in [0.1, 0.15) is 11.1 Å². The number of hydrogen-bond donors (Lipinski definition) is 2. The largest absolute Gasteiger partial charge is 0.489 e. The van der Waals surface area contributed by atoms with E-state index in [1.54, 1.807) is 0 Å². The van der Waals surface area contributed by atoms with Crippen LogP contribution in [0.2, 0.25) is 0 Å². The molecule has 1 amide bonds. The Kier molecular flexibility index (Phi) is 6.81. The maximum atomic E-state index is 11.8.